The molecule has 0 saturated heterocycles. The number of anilines is 1. The average Bonchev–Trinajstić information content (AvgIpc) is 3.04. The number of hydrogen-bond donors (Lipinski definition) is 2. The summed E-state index contributed by atoms with van der Waals surface area (Å²) in [6.45, 7) is 12.3. The Bertz CT molecular complexity index is 697. The highest BCUT2D eigenvalue weighted by molar-refractivity contribution is 5.79. The van der Waals surface area contributed by atoms with Crippen molar-refractivity contribution in [1.82, 2.24) is 20.8 Å². The Kier molecular flexibility index (Phi) is 7.92. The minimum atomic E-state index is 0.604. The normalized spacial score (nSPS) is 11.5. The smallest absolute Gasteiger partial charge is 0.228 e. The Balaban J connectivity index is 1.83. The van der Waals surface area contributed by atoms with Crippen molar-refractivity contribution in [2.75, 3.05) is 37.6 Å². The predicted octanol–water partition coefficient (Wildman–Crippen LogP) is 2.31. The molecule has 0 aliphatic heterocycles. The van der Waals surface area contributed by atoms with Gasteiger partial charge in [0.15, 0.2) is 11.8 Å². The molecular formula is C19H30N6O. The predicted molar refractivity (Wildman–Crippen MR) is 106 cm³/mol. The van der Waals surface area contributed by atoms with Gasteiger partial charge in [0.25, 0.3) is 0 Å². The van der Waals surface area contributed by atoms with E-state index in [0.717, 1.165) is 32.1 Å². The summed E-state index contributed by atoms with van der Waals surface area (Å²) in [5.74, 6) is 2.09. The van der Waals surface area contributed by atoms with Crippen LogP contribution in [0.4, 0.5) is 5.69 Å². The summed E-state index contributed by atoms with van der Waals surface area (Å²) in [5.41, 5.74) is 2.53. The van der Waals surface area contributed by atoms with E-state index >= 15 is 0 Å². The van der Waals surface area contributed by atoms with Gasteiger partial charge in [-0.3, -0.25) is 4.99 Å². The Morgan fingerprint density at radius 2 is 2.08 bits per heavy atom. The van der Waals surface area contributed by atoms with Gasteiger partial charge in [-0.05, 0) is 45.4 Å². The summed E-state index contributed by atoms with van der Waals surface area (Å²) < 4.78 is 5.11. The number of aliphatic imine (C=N–C) groups is 1. The molecule has 1 heterocycles. The lowest BCUT2D eigenvalue weighted by molar-refractivity contribution is 0.376. The Hall–Kier alpha value is -2.57. The van der Waals surface area contributed by atoms with E-state index in [2.05, 4.69) is 75.7 Å². The number of likely N-dealkylation sites (N-methyl/N-ethyl adjacent to an activating group) is 1. The number of rotatable bonds is 9. The molecule has 0 aliphatic carbocycles. The third-order valence-electron chi connectivity index (χ3n) is 3.93. The molecule has 0 fully saturated rings. The standard InChI is InChI=1S/C19H30N6O/c1-5-20-19(21-11-10-18-23-16(4)24-26-18)22-12-13-25(6-2)17-9-7-8-15(3)14-17/h7-9,14H,5-6,10-13H2,1-4H3,(H2,20,21,22). The first-order valence-electron chi connectivity index (χ1n) is 9.25. The molecule has 0 spiro atoms. The third kappa shape index (κ3) is 6.38. The van der Waals surface area contributed by atoms with Gasteiger partial charge in [-0.15, -0.1) is 0 Å². The van der Waals surface area contributed by atoms with Crippen LogP contribution in [0.5, 0.6) is 0 Å². The largest absolute Gasteiger partial charge is 0.370 e. The van der Waals surface area contributed by atoms with E-state index < -0.39 is 0 Å². The number of benzene rings is 1. The summed E-state index contributed by atoms with van der Waals surface area (Å²) in [4.78, 5) is 11.1. The molecule has 2 N–H and O–H groups in total. The number of aromatic nitrogens is 2. The van der Waals surface area contributed by atoms with Crippen LogP contribution in [0.25, 0.3) is 0 Å². The Morgan fingerprint density at radius 1 is 1.23 bits per heavy atom. The van der Waals surface area contributed by atoms with Crippen molar-refractivity contribution >= 4 is 11.6 Å². The highest BCUT2D eigenvalue weighted by Crippen LogP contribution is 2.14. The summed E-state index contributed by atoms with van der Waals surface area (Å²) >= 11 is 0. The Morgan fingerprint density at radius 3 is 2.73 bits per heavy atom. The van der Waals surface area contributed by atoms with Crippen LogP contribution in [0.3, 0.4) is 0 Å². The fraction of sp³-hybridized carbons (Fsp3) is 0.526. The molecule has 0 atom stereocenters. The highest BCUT2D eigenvalue weighted by Gasteiger charge is 2.06. The van der Waals surface area contributed by atoms with Crippen molar-refractivity contribution in [3.05, 3.63) is 41.5 Å². The van der Waals surface area contributed by atoms with Crippen LogP contribution < -0.4 is 15.5 Å². The second-order valence-corrected chi connectivity index (χ2v) is 6.09. The zero-order chi connectivity index (χ0) is 18.8. The van der Waals surface area contributed by atoms with Crippen molar-refractivity contribution < 1.29 is 4.52 Å². The summed E-state index contributed by atoms with van der Waals surface area (Å²) in [6.07, 6.45) is 0.641. The van der Waals surface area contributed by atoms with Crippen LogP contribution >= 0.6 is 0 Å². The molecule has 1 aromatic heterocycles. The van der Waals surface area contributed by atoms with Crippen LogP contribution in [0.15, 0.2) is 33.8 Å². The van der Waals surface area contributed by atoms with Crippen molar-refractivity contribution in [3.63, 3.8) is 0 Å². The van der Waals surface area contributed by atoms with E-state index in [-0.39, 0.29) is 0 Å². The Labute approximate surface area is 155 Å². The molecule has 0 radical (unpaired) electrons. The van der Waals surface area contributed by atoms with Crippen molar-refractivity contribution in [3.8, 4) is 0 Å². The first-order chi connectivity index (χ1) is 12.6. The zero-order valence-corrected chi connectivity index (χ0v) is 16.2. The molecule has 0 saturated carbocycles. The van der Waals surface area contributed by atoms with E-state index in [9.17, 15) is 0 Å². The van der Waals surface area contributed by atoms with Crippen molar-refractivity contribution in [1.29, 1.82) is 0 Å². The quantitative estimate of drug-likeness (QED) is 0.529. The number of guanidine groups is 1. The topological polar surface area (TPSA) is 78.6 Å². The van der Waals surface area contributed by atoms with Gasteiger partial charge in [-0.2, -0.15) is 4.98 Å². The monoisotopic (exact) mass is 358 g/mol. The second-order valence-electron chi connectivity index (χ2n) is 6.09. The van der Waals surface area contributed by atoms with Gasteiger partial charge in [0.05, 0.1) is 6.54 Å². The lowest BCUT2D eigenvalue weighted by atomic mass is 10.2. The van der Waals surface area contributed by atoms with Gasteiger partial charge in [0.2, 0.25) is 5.89 Å². The van der Waals surface area contributed by atoms with E-state index in [0.29, 0.717) is 24.7 Å². The number of nitrogens with zero attached hydrogens (tertiary/aromatic N) is 4. The van der Waals surface area contributed by atoms with Crippen LogP contribution in [0.2, 0.25) is 0 Å². The SMILES string of the molecule is CCNC(=NCCc1nc(C)no1)NCCN(CC)c1cccc(C)c1. The molecular weight excluding hydrogens is 328 g/mol. The molecule has 0 bridgehead atoms. The van der Waals surface area contributed by atoms with E-state index in [1.807, 2.05) is 6.92 Å². The van der Waals surface area contributed by atoms with Gasteiger partial charge >= 0.3 is 0 Å². The average molecular weight is 358 g/mol. The van der Waals surface area contributed by atoms with E-state index in [1.54, 1.807) is 0 Å². The van der Waals surface area contributed by atoms with Gasteiger partial charge < -0.3 is 20.1 Å². The lowest BCUT2D eigenvalue weighted by Crippen LogP contribution is -2.41. The van der Waals surface area contributed by atoms with Gasteiger partial charge in [0.1, 0.15) is 0 Å². The summed E-state index contributed by atoms with van der Waals surface area (Å²) in [5, 5.41) is 10.5. The molecule has 7 heteroatoms. The van der Waals surface area contributed by atoms with Crippen molar-refractivity contribution in [2.24, 2.45) is 4.99 Å². The van der Waals surface area contributed by atoms with Gasteiger partial charge in [-0.1, -0.05) is 17.3 Å². The van der Waals surface area contributed by atoms with Gasteiger partial charge in [-0.25, -0.2) is 0 Å². The molecule has 26 heavy (non-hydrogen) atoms. The minimum absolute atomic E-state index is 0.604. The van der Waals surface area contributed by atoms with E-state index in [1.165, 1.54) is 11.3 Å². The molecule has 1 aromatic carbocycles. The summed E-state index contributed by atoms with van der Waals surface area (Å²) in [7, 11) is 0. The maximum atomic E-state index is 5.11. The molecule has 0 unspecified atom stereocenters. The van der Waals surface area contributed by atoms with Crippen LogP contribution in [-0.4, -0.2) is 48.8 Å². The number of aryl methyl sites for hydroxylation is 2. The molecule has 7 nitrogen and oxygen atoms in total. The van der Waals surface area contributed by atoms with E-state index in [4.69, 9.17) is 4.52 Å². The lowest BCUT2D eigenvalue weighted by Gasteiger charge is -2.24. The third-order valence-corrected chi connectivity index (χ3v) is 3.93. The van der Waals surface area contributed by atoms with Crippen LogP contribution in [0.1, 0.15) is 31.1 Å². The molecule has 2 rings (SSSR count). The van der Waals surface area contributed by atoms with Crippen LogP contribution in [0, 0.1) is 13.8 Å². The molecule has 2 aromatic rings. The fourth-order valence-corrected chi connectivity index (χ4v) is 2.65. The zero-order valence-electron chi connectivity index (χ0n) is 16.2. The minimum Gasteiger partial charge on any atom is -0.370 e. The first kappa shape index (κ1) is 19.8. The number of nitrogens with one attached hydrogen (secondary N) is 2. The second kappa shape index (κ2) is 10.4. The summed E-state index contributed by atoms with van der Waals surface area (Å²) in [6, 6.07) is 8.60. The van der Waals surface area contributed by atoms with Crippen molar-refractivity contribution in [2.45, 2.75) is 34.1 Å². The maximum absolute atomic E-state index is 5.11. The molecule has 0 amide bonds. The maximum Gasteiger partial charge on any atom is 0.228 e. The molecule has 0 aliphatic rings. The highest BCUT2D eigenvalue weighted by atomic mass is 16.5. The fourth-order valence-electron chi connectivity index (χ4n) is 2.65. The van der Waals surface area contributed by atoms with Gasteiger partial charge in [0, 0.05) is 38.3 Å². The van der Waals surface area contributed by atoms with Crippen LogP contribution in [-0.2, 0) is 6.42 Å². The first-order valence-corrected chi connectivity index (χ1v) is 9.25. The number of hydrogen-bond acceptors (Lipinski definition) is 5. The molecule has 142 valence electrons.